The second-order valence-electron chi connectivity index (χ2n) is 4.95. The second-order valence-corrected chi connectivity index (χ2v) is 4.95. The van der Waals surface area contributed by atoms with Crippen molar-refractivity contribution in [2.45, 2.75) is 20.0 Å². The quantitative estimate of drug-likeness (QED) is 0.820. The number of likely N-dealkylation sites (N-methyl/N-ethyl adjacent to an activating group) is 1. The molecule has 0 aliphatic rings. The van der Waals surface area contributed by atoms with E-state index in [4.69, 9.17) is 4.74 Å². The molecule has 0 amide bonds. The highest BCUT2D eigenvalue weighted by molar-refractivity contribution is 5.35. The maximum atomic E-state index is 13.9. The van der Waals surface area contributed by atoms with Crippen molar-refractivity contribution in [1.29, 1.82) is 0 Å². The molecule has 0 N–H and O–H groups in total. The monoisotopic (exact) mass is 295 g/mol. The van der Waals surface area contributed by atoms with Crippen LogP contribution in [0.25, 0.3) is 0 Å². The molecule has 4 nitrogen and oxygen atoms in total. The van der Waals surface area contributed by atoms with Crippen LogP contribution in [0, 0.1) is 18.6 Å². The molecule has 114 valence electrons. The number of nitrogens with zero attached hydrogens (tertiary/aromatic N) is 3. The Balaban J connectivity index is 2.04. The molecule has 21 heavy (non-hydrogen) atoms. The van der Waals surface area contributed by atoms with E-state index in [9.17, 15) is 8.78 Å². The molecule has 1 heterocycles. The summed E-state index contributed by atoms with van der Waals surface area (Å²) >= 11 is 0. The number of aromatic nitrogens is 2. The van der Waals surface area contributed by atoms with Gasteiger partial charge in [-0.15, -0.1) is 0 Å². The van der Waals surface area contributed by atoms with Gasteiger partial charge in [-0.05, 0) is 26.1 Å². The van der Waals surface area contributed by atoms with E-state index in [1.165, 1.54) is 13.2 Å². The van der Waals surface area contributed by atoms with Gasteiger partial charge < -0.3 is 14.2 Å². The van der Waals surface area contributed by atoms with Gasteiger partial charge in [-0.25, -0.2) is 13.8 Å². The third-order valence-corrected chi connectivity index (χ3v) is 3.45. The lowest BCUT2D eigenvalue weighted by molar-refractivity contribution is 0.294. The predicted octanol–water partition coefficient (Wildman–Crippen LogP) is 2.61. The third kappa shape index (κ3) is 3.58. The molecule has 6 heteroatoms. The maximum absolute atomic E-state index is 13.9. The standard InChI is InChI=1S/C15H19F2N3O/c1-11-18-6-7-20(11)9-8-19(2)10-12-14(21-3)5-4-13(16)15(12)17/h4-7H,8-10H2,1-3H3. The highest BCUT2D eigenvalue weighted by atomic mass is 19.2. The summed E-state index contributed by atoms with van der Waals surface area (Å²) in [5.74, 6) is -0.415. The van der Waals surface area contributed by atoms with Crippen molar-refractivity contribution >= 4 is 0 Å². The van der Waals surface area contributed by atoms with Crippen molar-refractivity contribution in [3.05, 3.63) is 47.5 Å². The van der Waals surface area contributed by atoms with Gasteiger partial charge in [-0.2, -0.15) is 0 Å². The van der Waals surface area contributed by atoms with Crippen molar-refractivity contribution in [2.24, 2.45) is 0 Å². The molecule has 0 aliphatic carbocycles. The van der Waals surface area contributed by atoms with Gasteiger partial charge in [0.25, 0.3) is 0 Å². The van der Waals surface area contributed by atoms with Crippen LogP contribution in [0.1, 0.15) is 11.4 Å². The summed E-state index contributed by atoms with van der Waals surface area (Å²) in [6.45, 7) is 3.63. The third-order valence-electron chi connectivity index (χ3n) is 3.45. The molecule has 2 aromatic rings. The Morgan fingerprint density at radius 1 is 1.33 bits per heavy atom. The minimum atomic E-state index is -0.857. The second kappa shape index (κ2) is 6.67. The topological polar surface area (TPSA) is 30.3 Å². The summed E-state index contributed by atoms with van der Waals surface area (Å²) in [6, 6.07) is 2.52. The molecule has 0 aliphatic heterocycles. The first-order valence-corrected chi connectivity index (χ1v) is 6.70. The molecule has 0 radical (unpaired) electrons. The van der Waals surface area contributed by atoms with E-state index in [-0.39, 0.29) is 12.1 Å². The van der Waals surface area contributed by atoms with Crippen molar-refractivity contribution < 1.29 is 13.5 Å². The molecule has 1 aromatic heterocycles. The minimum Gasteiger partial charge on any atom is -0.496 e. The molecule has 0 saturated carbocycles. The normalized spacial score (nSPS) is 11.1. The fourth-order valence-electron chi connectivity index (χ4n) is 2.18. The average molecular weight is 295 g/mol. The number of methoxy groups -OCH3 is 1. The Morgan fingerprint density at radius 2 is 2.10 bits per heavy atom. The number of hydrogen-bond donors (Lipinski definition) is 0. The highest BCUT2D eigenvalue weighted by Gasteiger charge is 2.16. The van der Waals surface area contributed by atoms with Gasteiger partial charge in [-0.1, -0.05) is 0 Å². The van der Waals surface area contributed by atoms with Gasteiger partial charge in [0.15, 0.2) is 11.6 Å². The van der Waals surface area contributed by atoms with Crippen molar-refractivity contribution in [2.75, 3.05) is 20.7 Å². The number of imidazole rings is 1. The van der Waals surface area contributed by atoms with Crippen LogP contribution in [0.4, 0.5) is 8.78 Å². The smallest absolute Gasteiger partial charge is 0.167 e. The number of aryl methyl sites for hydroxylation is 1. The van der Waals surface area contributed by atoms with Crippen molar-refractivity contribution in [1.82, 2.24) is 14.5 Å². The van der Waals surface area contributed by atoms with Crippen LogP contribution in [0.15, 0.2) is 24.5 Å². The van der Waals surface area contributed by atoms with Crippen LogP contribution in [-0.4, -0.2) is 35.2 Å². The number of halogens is 2. The molecule has 0 saturated heterocycles. The van der Waals surface area contributed by atoms with E-state index < -0.39 is 11.6 Å². The molecular formula is C15H19F2N3O. The SMILES string of the molecule is COc1ccc(F)c(F)c1CN(C)CCn1ccnc1C. The lowest BCUT2D eigenvalue weighted by atomic mass is 10.1. The molecule has 0 bridgehead atoms. The largest absolute Gasteiger partial charge is 0.496 e. The Kier molecular flexibility index (Phi) is 4.90. The number of hydrogen-bond acceptors (Lipinski definition) is 3. The van der Waals surface area contributed by atoms with Crippen LogP contribution < -0.4 is 4.74 Å². The fourth-order valence-corrected chi connectivity index (χ4v) is 2.18. The summed E-state index contributed by atoms with van der Waals surface area (Å²) in [5, 5.41) is 0. The van der Waals surface area contributed by atoms with Crippen molar-refractivity contribution in [3.8, 4) is 5.75 Å². The van der Waals surface area contributed by atoms with Crippen LogP contribution in [0.5, 0.6) is 5.75 Å². The summed E-state index contributed by atoms with van der Waals surface area (Å²) < 4.78 is 34.3. The van der Waals surface area contributed by atoms with Gasteiger partial charge in [0.05, 0.1) is 7.11 Å². The van der Waals surface area contributed by atoms with E-state index >= 15 is 0 Å². The van der Waals surface area contributed by atoms with Crippen LogP contribution in [0.3, 0.4) is 0 Å². The van der Waals surface area contributed by atoms with Gasteiger partial charge in [0, 0.05) is 37.6 Å². The molecule has 0 fully saturated rings. The number of benzene rings is 1. The van der Waals surface area contributed by atoms with Gasteiger partial charge in [0.1, 0.15) is 11.6 Å². The summed E-state index contributed by atoms with van der Waals surface area (Å²) in [4.78, 5) is 6.06. The maximum Gasteiger partial charge on any atom is 0.167 e. The first-order valence-electron chi connectivity index (χ1n) is 6.70. The molecule has 2 rings (SSSR count). The Bertz CT molecular complexity index is 613. The summed E-state index contributed by atoms with van der Waals surface area (Å²) in [5.41, 5.74) is 0.238. The molecular weight excluding hydrogens is 276 g/mol. The number of ether oxygens (including phenoxy) is 1. The van der Waals surface area contributed by atoms with E-state index in [0.717, 1.165) is 18.4 Å². The van der Waals surface area contributed by atoms with Gasteiger partial charge in [-0.3, -0.25) is 0 Å². The van der Waals surface area contributed by atoms with Crippen LogP contribution in [0.2, 0.25) is 0 Å². The highest BCUT2D eigenvalue weighted by Crippen LogP contribution is 2.24. The van der Waals surface area contributed by atoms with Gasteiger partial charge >= 0.3 is 0 Å². The van der Waals surface area contributed by atoms with Crippen LogP contribution in [-0.2, 0) is 13.1 Å². The van der Waals surface area contributed by atoms with E-state index in [1.807, 2.05) is 29.6 Å². The molecule has 0 atom stereocenters. The van der Waals surface area contributed by atoms with Crippen molar-refractivity contribution in [3.63, 3.8) is 0 Å². The molecule has 0 unspecified atom stereocenters. The Hall–Kier alpha value is -1.95. The summed E-state index contributed by atoms with van der Waals surface area (Å²) in [6.07, 6.45) is 3.64. The molecule has 1 aromatic carbocycles. The lowest BCUT2D eigenvalue weighted by Gasteiger charge is -2.19. The zero-order valence-electron chi connectivity index (χ0n) is 12.4. The minimum absolute atomic E-state index is 0.238. The molecule has 0 spiro atoms. The summed E-state index contributed by atoms with van der Waals surface area (Å²) in [7, 11) is 3.31. The van der Waals surface area contributed by atoms with Gasteiger partial charge in [0.2, 0.25) is 0 Å². The predicted molar refractivity (Wildman–Crippen MR) is 76.2 cm³/mol. The Labute approximate surface area is 123 Å². The number of rotatable bonds is 6. The van der Waals surface area contributed by atoms with E-state index in [2.05, 4.69) is 4.98 Å². The zero-order chi connectivity index (χ0) is 15.4. The fraction of sp³-hybridized carbons (Fsp3) is 0.400. The van der Waals surface area contributed by atoms with E-state index in [1.54, 1.807) is 6.20 Å². The zero-order valence-corrected chi connectivity index (χ0v) is 12.4. The average Bonchev–Trinajstić information content (AvgIpc) is 2.87. The van der Waals surface area contributed by atoms with E-state index in [0.29, 0.717) is 12.3 Å². The Morgan fingerprint density at radius 3 is 2.71 bits per heavy atom. The first kappa shape index (κ1) is 15.4. The lowest BCUT2D eigenvalue weighted by Crippen LogP contribution is -2.24. The van der Waals surface area contributed by atoms with Crippen LogP contribution >= 0.6 is 0 Å². The first-order chi connectivity index (χ1) is 10.0.